The van der Waals surface area contributed by atoms with Crippen molar-refractivity contribution < 1.29 is 14.4 Å². The third kappa shape index (κ3) is 4.59. The smallest absolute Gasteiger partial charge is 0.260 e. The summed E-state index contributed by atoms with van der Waals surface area (Å²) in [7, 11) is 0. The van der Waals surface area contributed by atoms with Crippen LogP contribution < -0.4 is 4.74 Å². The van der Waals surface area contributed by atoms with Crippen molar-refractivity contribution in [2.75, 3.05) is 45.9 Å². The van der Waals surface area contributed by atoms with Gasteiger partial charge >= 0.3 is 0 Å². The molecule has 0 bridgehead atoms. The highest BCUT2D eigenvalue weighted by molar-refractivity contribution is 5.89. The lowest BCUT2D eigenvalue weighted by molar-refractivity contribution is -0.178. The van der Waals surface area contributed by atoms with Gasteiger partial charge < -0.3 is 4.74 Å². The average molecular weight is 520 g/mol. The summed E-state index contributed by atoms with van der Waals surface area (Å²) in [5.41, 5.74) is 3.68. The minimum atomic E-state index is -0.116. The summed E-state index contributed by atoms with van der Waals surface area (Å²) in [5.74, 6) is 1.03. The molecule has 6 heteroatoms. The van der Waals surface area contributed by atoms with Crippen molar-refractivity contribution in [3.05, 3.63) is 114 Å². The molecule has 3 aliphatic rings. The normalized spacial score (nSPS) is 21.5. The largest absolute Gasteiger partial charge is 0.493 e. The molecule has 0 N–H and O–H groups in total. The summed E-state index contributed by atoms with van der Waals surface area (Å²) >= 11 is 0. The number of rotatable bonds is 5. The van der Waals surface area contributed by atoms with E-state index in [-0.39, 0.29) is 23.9 Å². The first-order chi connectivity index (χ1) is 19.3. The van der Waals surface area contributed by atoms with Gasteiger partial charge in [-0.3, -0.25) is 19.4 Å². The second-order valence-electron chi connectivity index (χ2n) is 10.8. The van der Waals surface area contributed by atoms with E-state index in [1.807, 2.05) is 18.2 Å². The first-order valence-electron chi connectivity index (χ1n) is 13.9. The molecule has 4 aromatic rings. The Morgan fingerprint density at radius 1 is 0.769 bits per heavy atom. The van der Waals surface area contributed by atoms with Crippen molar-refractivity contribution in [2.24, 2.45) is 5.92 Å². The lowest BCUT2D eigenvalue weighted by atomic mass is 9.88. The van der Waals surface area contributed by atoms with Crippen LogP contribution in [0.15, 0.2) is 97.1 Å². The van der Waals surface area contributed by atoms with Crippen molar-refractivity contribution in [1.29, 1.82) is 0 Å². The van der Waals surface area contributed by atoms with Crippen LogP contribution in [0.25, 0.3) is 10.8 Å². The van der Waals surface area contributed by atoms with Crippen LogP contribution in [0.3, 0.4) is 0 Å². The van der Waals surface area contributed by atoms with Crippen molar-refractivity contribution in [2.45, 2.75) is 12.1 Å². The molecule has 0 unspecified atom stereocenters. The maximum absolute atomic E-state index is 13.7. The van der Waals surface area contributed by atoms with Gasteiger partial charge in [0.05, 0.1) is 31.8 Å². The number of hydrogen-bond acceptors (Lipinski definition) is 5. The zero-order valence-electron chi connectivity index (χ0n) is 22.0. The molecule has 0 aliphatic carbocycles. The molecule has 4 aromatic carbocycles. The summed E-state index contributed by atoms with van der Waals surface area (Å²) < 4.78 is 6.10. The zero-order chi connectivity index (χ0) is 26.2. The molecular formula is C33H33N3O3. The van der Waals surface area contributed by atoms with Gasteiger partial charge in [-0.25, -0.2) is 5.06 Å². The highest BCUT2D eigenvalue weighted by Crippen LogP contribution is 2.46. The minimum Gasteiger partial charge on any atom is -0.493 e. The van der Waals surface area contributed by atoms with Crippen LogP contribution in [0.4, 0.5) is 0 Å². The van der Waals surface area contributed by atoms with Gasteiger partial charge in [0, 0.05) is 37.7 Å². The summed E-state index contributed by atoms with van der Waals surface area (Å²) in [6.45, 7) is 4.91. The van der Waals surface area contributed by atoms with Crippen LogP contribution in [0, 0.1) is 5.92 Å². The molecule has 7 rings (SSSR count). The molecule has 6 nitrogen and oxygen atoms in total. The van der Waals surface area contributed by atoms with Gasteiger partial charge in [0.15, 0.2) is 0 Å². The lowest BCUT2D eigenvalue weighted by Crippen LogP contribution is -2.51. The Labute approximate surface area is 229 Å². The first-order valence-corrected chi connectivity index (χ1v) is 13.9. The number of hydroxylamine groups is 2. The van der Waals surface area contributed by atoms with Crippen molar-refractivity contribution in [3.63, 3.8) is 0 Å². The molecule has 0 radical (unpaired) electrons. The average Bonchev–Trinajstić information content (AvgIpc) is 3.44. The van der Waals surface area contributed by atoms with Crippen molar-refractivity contribution in [3.8, 4) is 5.75 Å². The van der Waals surface area contributed by atoms with Gasteiger partial charge in [-0.1, -0.05) is 91.0 Å². The molecule has 0 aromatic heterocycles. The molecule has 2 saturated heterocycles. The number of nitrogens with zero attached hydrogens (tertiary/aromatic N) is 3. The fraction of sp³-hybridized carbons (Fsp3) is 0.303. The monoisotopic (exact) mass is 519 g/mol. The predicted octanol–water partition coefficient (Wildman–Crippen LogP) is 5.07. The van der Waals surface area contributed by atoms with Gasteiger partial charge in [-0.2, -0.15) is 0 Å². The summed E-state index contributed by atoms with van der Waals surface area (Å²) in [6.07, 6.45) is 0. The first kappa shape index (κ1) is 24.3. The number of piperazine rings is 1. The van der Waals surface area contributed by atoms with E-state index >= 15 is 0 Å². The van der Waals surface area contributed by atoms with E-state index < -0.39 is 0 Å². The third-order valence-electron chi connectivity index (χ3n) is 8.41. The van der Waals surface area contributed by atoms with Crippen LogP contribution >= 0.6 is 0 Å². The second-order valence-corrected chi connectivity index (χ2v) is 10.8. The molecule has 2 atom stereocenters. The Kier molecular flexibility index (Phi) is 6.52. The Morgan fingerprint density at radius 3 is 2.15 bits per heavy atom. The highest BCUT2D eigenvalue weighted by Gasteiger charge is 2.45. The fourth-order valence-corrected chi connectivity index (χ4v) is 6.49. The molecule has 0 saturated carbocycles. The predicted molar refractivity (Wildman–Crippen MR) is 151 cm³/mol. The van der Waals surface area contributed by atoms with E-state index in [2.05, 4.69) is 88.7 Å². The Morgan fingerprint density at radius 2 is 1.44 bits per heavy atom. The summed E-state index contributed by atoms with van der Waals surface area (Å²) in [6, 6.07) is 34.0. The summed E-state index contributed by atoms with van der Waals surface area (Å²) in [4.78, 5) is 24.5. The van der Waals surface area contributed by atoms with Gasteiger partial charge in [-0.05, 0) is 28.0 Å². The van der Waals surface area contributed by atoms with Crippen molar-refractivity contribution >= 4 is 16.7 Å². The lowest BCUT2D eigenvalue weighted by Gasteiger charge is -2.40. The van der Waals surface area contributed by atoms with Crippen LogP contribution in [-0.4, -0.2) is 66.7 Å². The number of amides is 1. The maximum Gasteiger partial charge on any atom is 0.260 e. The van der Waals surface area contributed by atoms with Crippen LogP contribution in [-0.2, 0) is 9.63 Å². The fourth-order valence-electron chi connectivity index (χ4n) is 6.49. The van der Waals surface area contributed by atoms with E-state index in [4.69, 9.17) is 9.57 Å². The van der Waals surface area contributed by atoms with Crippen molar-refractivity contribution in [1.82, 2.24) is 14.9 Å². The maximum atomic E-state index is 13.7. The molecule has 198 valence electrons. The van der Waals surface area contributed by atoms with Crippen LogP contribution in [0.1, 0.15) is 28.8 Å². The molecule has 39 heavy (non-hydrogen) atoms. The van der Waals surface area contributed by atoms with E-state index in [1.54, 1.807) is 5.06 Å². The Bertz CT molecular complexity index is 1410. The van der Waals surface area contributed by atoms with Gasteiger partial charge in [0.25, 0.3) is 5.91 Å². The molecular weight excluding hydrogens is 486 g/mol. The van der Waals surface area contributed by atoms with Gasteiger partial charge in [-0.15, -0.1) is 0 Å². The van der Waals surface area contributed by atoms with E-state index in [9.17, 15) is 4.79 Å². The number of carbonyl (C=O) groups is 1. The van der Waals surface area contributed by atoms with Crippen LogP contribution in [0.5, 0.6) is 5.75 Å². The van der Waals surface area contributed by atoms with E-state index in [0.717, 1.165) is 48.3 Å². The number of carbonyl (C=O) groups excluding carboxylic acids is 1. The van der Waals surface area contributed by atoms with Gasteiger partial charge in [0.1, 0.15) is 5.75 Å². The molecule has 1 amide bonds. The number of ether oxygens (including phenoxy) is 1. The number of hydrogen-bond donors (Lipinski definition) is 0. The topological polar surface area (TPSA) is 45.3 Å². The quantitative estimate of drug-likeness (QED) is 0.368. The van der Waals surface area contributed by atoms with Gasteiger partial charge in [0.2, 0.25) is 0 Å². The minimum absolute atomic E-state index is 0.0272. The molecule has 2 fully saturated rings. The third-order valence-corrected chi connectivity index (χ3v) is 8.41. The number of fused-ring (bicyclic) bond motifs is 5. The van der Waals surface area contributed by atoms with E-state index in [1.165, 1.54) is 11.1 Å². The van der Waals surface area contributed by atoms with Crippen LogP contribution in [0.2, 0.25) is 0 Å². The molecule has 3 aliphatic heterocycles. The SMILES string of the molecule is O=C(CN1CCN(C(c2ccccc2)c2ccccc2)CC1)N1OC[C@H]2COc3ccc4ccccc4c3[C@H]21. The summed E-state index contributed by atoms with van der Waals surface area (Å²) in [5, 5.41) is 3.94. The second kappa shape index (κ2) is 10.5. The Hall–Kier alpha value is -3.71. The highest BCUT2D eigenvalue weighted by atomic mass is 16.7. The Balaban J connectivity index is 1.06. The zero-order valence-corrected chi connectivity index (χ0v) is 22.0. The standard InChI is InChI=1S/C33H33N3O3/c37-30(36-33-27(23-39-36)22-38-29-16-15-24-9-7-8-14-28(24)31(29)33)21-34-17-19-35(20-18-34)32(25-10-3-1-4-11-25)26-12-5-2-6-13-26/h1-16,27,32-33H,17-23H2/t27-,33+/m1/s1. The van der Waals surface area contributed by atoms with E-state index in [0.29, 0.717) is 19.8 Å². The number of benzene rings is 4. The molecule has 0 spiro atoms. The molecule has 3 heterocycles.